The number of anilines is 3. The van der Waals surface area contributed by atoms with Crippen LogP contribution in [-0.2, 0) is 9.59 Å². The molecule has 0 aromatic carbocycles. The molecule has 23 heavy (non-hydrogen) atoms. The summed E-state index contributed by atoms with van der Waals surface area (Å²) in [6.45, 7) is 1.66. The van der Waals surface area contributed by atoms with Crippen molar-refractivity contribution in [1.82, 2.24) is 9.97 Å². The first-order chi connectivity index (χ1) is 11.1. The first kappa shape index (κ1) is 15.2. The van der Waals surface area contributed by atoms with Crippen LogP contribution >= 0.6 is 11.3 Å². The fourth-order valence-electron chi connectivity index (χ4n) is 2.22. The van der Waals surface area contributed by atoms with E-state index in [-0.39, 0.29) is 30.0 Å². The normalized spacial score (nSPS) is 16.7. The van der Waals surface area contributed by atoms with Gasteiger partial charge in [0.25, 0.3) is 5.91 Å². The van der Waals surface area contributed by atoms with Crippen LogP contribution in [0.25, 0.3) is 0 Å². The van der Waals surface area contributed by atoms with E-state index >= 15 is 0 Å². The van der Waals surface area contributed by atoms with Gasteiger partial charge in [-0.15, -0.1) is 11.3 Å². The number of thiazole rings is 1. The van der Waals surface area contributed by atoms with Crippen molar-refractivity contribution < 1.29 is 14.3 Å². The minimum absolute atomic E-state index is 0.179. The van der Waals surface area contributed by atoms with Crippen molar-refractivity contribution in [3.05, 3.63) is 23.7 Å². The van der Waals surface area contributed by atoms with Crippen molar-refractivity contribution >= 4 is 39.9 Å². The van der Waals surface area contributed by atoms with E-state index in [1.54, 1.807) is 23.7 Å². The topological polar surface area (TPSA) is 110 Å². The first-order valence-corrected chi connectivity index (χ1v) is 7.90. The highest BCUT2D eigenvalue weighted by molar-refractivity contribution is 7.13. The Balaban J connectivity index is 1.85. The van der Waals surface area contributed by atoms with Crippen LogP contribution in [0, 0.1) is 0 Å². The molecule has 0 bridgehead atoms. The smallest absolute Gasteiger partial charge is 0.269 e. The highest BCUT2D eigenvalue weighted by Gasteiger charge is 2.35. The maximum atomic E-state index is 12.5. The van der Waals surface area contributed by atoms with Gasteiger partial charge in [0.2, 0.25) is 5.91 Å². The number of hydrogen-bond acceptors (Lipinski definition) is 7. The van der Waals surface area contributed by atoms with E-state index in [1.165, 1.54) is 16.2 Å². The number of hydrogen-bond donors (Lipinski definition) is 2. The van der Waals surface area contributed by atoms with Gasteiger partial charge in [0, 0.05) is 11.6 Å². The molecule has 1 unspecified atom stereocenters. The maximum absolute atomic E-state index is 12.5. The number of nitrogen functional groups attached to an aromatic ring is 1. The lowest BCUT2D eigenvalue weighted by molar-refractivity contribution is -0.128. The van der Waals surface area contributed by atoms with Crippen molar-refractivity contribution in [2.45, 2.75) is 19.4 Å². The van der Waals surface area contributed by atoms with Gasteiger partial charge in [-0.25, -0.2) is 9.97 Å². The van der Waals surface area contributed by atoms with Gasteiger partial charge < -0.3 is 15.8 Å². The summed E-state index contributed by atoms with van der Waals surface area (Å²) in [5.74, 6) is 0.273. The Bertz CT molecular complexity index is 734. The molecule has 9 heteroatoms. The molecule has 0 fully saturated rings. The van der Waals surface area contributed by atoms with E-state index in [4.69, 9.17) is 10.5 Å². The molecule has 3 N–H and O–H groups in total. The SMILES string of the molecule is CCC1Oc2ccc(N)nc2N(CC(=O)Nc2nccs2)C1=O. The van der Waals surface area contributed by atoms with E-state index in [9.17, 15) is 9.59 Å². The molecule has 0 saturated heterocycles. The summed E-state index contributed by atoms with van der Waals surface area (Å²) in [5, 5.41) is 4.87. The summed E-state index contributed by atoms with van der Waals surface area (Å²) in [5.41, 5.74) is 5.68. The number of amides is 2. The molecule has 1 aliphatic rings. The molecule has 3 rings (SSSR count). The minimum Gasteiger partial charge on any atom is -0.477 e. The number of nitrogens with one attached hydrogen (secondary N) is 1. The molecule has 2 aromatic heterocycles. The molecule has 2 aromatic rings. The van der Waals surface area contributed by atoms with Gasteiger partial charge in [0.1, 0.15) is 12.4 Å². The number of rotatable bonds is 4. The van der Waals surface area contributed by atoms with Crippen LogP contribution in [0.15, 0.2) is 23.7 Å². The summed E-state index contributed by atoms with van der Waals surface area (Å²) in [6.07, 6.45) is 1.44. The quantitative estimate of drug-likeness (QED) is 0.871. The van der Waals surface area contributed by atoms with E-state index in [2.05, 4.69) is 15.3 Å². The summed E-state index contributed by atoms with van der Waals surface area (Å²) in [4.78, 5) is 34.1. The molecular weight excluding hydrogens is 318 g/mol. The molecule has 8 nitrogen and oxygen atoms in total. The second-order valence-corrected chi connectivity index (χ2v) is 5.78. The second kappa shape index (κ2) is 6.21. The number of nitrogens with two attached hydrogens (primary N) is 1. The molecule has 0 aliphatic carbocycles. The summed E-state index contributed by atoms with van der Waals surface area (Å²) in [6, 6.07) is 3.24. The fourth-order valence-corrected chi connectivity index (χ4v) is 2.76. The fraction of sp³-hybridized carbons (Fsp3) is 0.286. The van der Waals surface area contributed by atoms with E-state index in [1.807, 2.05) is 6.92 Å². The summed E-state index contributed by atoms with van der Waals surface area (Å²) >= 11 is 1.30. The van der Waals surface area contributed by atoms with Crippen LogP contribution in [-0.4, -0.2) is 34.4 Å². The average Bonchev–Trinajstić information content (AvgIpc) is 3.03. The third-order valence-electron chi connectivity index (χ3n) is 3.28. The predicted octanol–water partition coefficient (Wildman–Crippen LogP) is 1.26. The standard InChI is InChI=1S/C14H15N5O3S/c1-2-8-13(21)19(7-11(20)18-14-16-5-6-23-14)12-9(22-8)3-4-10(15)17-12/h3-6,8H,2,7H2,1H3,(H2,15,17)(H,16,18,20). The lowest BCUT2D eigenvalue weighted by atomic mass is 10.2. The Hall–Kier alpha value is -2.68. The van der Waals surface area contributed by atoms with Crippen LogP contribution in [0.3, 0.4) is 0 Å². The number of nitrogens with zero attached hydrogens (tertiary/aromatic N) is 3. The third kappa shape index (κ3) is 3.09. The van der Waals surface area contributed by atoms with Crippen molar-refractivity contribution in [3.63, 3.8) is 0 Å². The molecule has 0 saturated carbocycles. The van der Waals surface area contributed by atoms with Gasteiger partial charge in [-0.3, -0.25) is 14.5 Å². The van der Waals surface area contributed by atoms with E-state index in [0.29, 0.717) is 17.3 Å². The zero-order chi connectivity index (χ0) is 16.4. The molecular formula is C14H15N5O3S. The first-order valence-electron chi connectivity index (χ1n) is 7.02. The zero-order valence-corrected chi connectivity index (χ0v) is 13.2. The van der Waals surface area contributed by atoms with E-state index in [0.717, 1.165) is 0 Å². The maximum Gasteiger partial charge on any atom is 0.269 e. The van der Waals surface area contributed by atoms with E-state index < -0.39 is 6.10 Å². The minimum atomic E-state index is -0.638. The van der Waals surface area contributed by atoms with Crippen molar-refractivity contribution in [2.24, 2.45) is 0 Å². The van der Waals surface area contributed by atoms with Gasteiger partial charge in [0.05, 0.1) is 0 Å². The van der Waals surface area contributed by atoms with Crippen LogP contribution in [0.1, 0.15) is 13.3 Å². The number of aromatic nitrogens is 2. The van der Waals surface area contributed by atoms with Gasteiger partial charge in [-0.05, 0) is 18.6 Å². The van der Waals surface area contributed by atoms with Gasteiger partial charge in [0.15, 0.2) is 22.8 Å². The number of ether oxygens (including phenoxy) is 1. The highest BCUT2D eigenvalue weighted by atomic mass is 32.1. The number of pyridine rings is 1. The van der Waals surface area contributed by atoms with Crippen molar-refractivity contribution in [2.75, 3.05) is 22.5 Å². The zero-order valence-electron chi connectivity index (χ0n) is 12.4. The average molecular weight is 333 g/mol. The molecule has 3 heterocycles. The Labute approximate surface area is 136 Å². The van der Waals surface area contributed by atoms with Crippen LogP contribution in [0.2, 0.25) is 0 Å². The molecule has 0 radical (unpaired) electrons. The van der Waals surface area contributed by atoms with Crippen LogP contribution < -0.4 is 20.7 Å². The van der Waals surface area contributed by atoms with Crippen molar-refractivity contribution in [3.8, 4) is 5.75 Å². The molecule has 0 spiro atoms. The summed E-state index contributed by atoms with van der Waals surface area (Å²) < 4.78 is 5.61. The Kier molecular flexibility index (Phi) is 4.11. The van der Waals surface area contributed by atoms with Crippen LogP contribution in [0.4, 0.5) is 16.8 Å². The second-order valence-electron chi connectivity index (χ2n) is 4.88. The monoisotopic (exact) mass is 333 g/mol. The molecule has 120 valence electrons. The van der Waals surface area contributed by atoms with Gasteiger partial charge in [-0.2, -0.15) is 0 Å². The highest BCUT2D eigenvalue weighted by Crippen LogP contribution is 2.33. The Morgan fingerprint density at radius 1 is 1.52 bits per heavy atom. The number of carbonyl (C=O) groups is 2. The Morgan fingerprint density at radius 2 is 2.35 bits per heavy atom. The number of fused-ring (bicyclic) bond motifs is 1. The lowest BCUT2D eigenvalue weighted by Crippen LogP contribution is -2.49. The summed E-state index contributed by atoms with van der Waals surface area (Å²) in [7, 11) is 0. The van der Waals surface area contributed by atoms with Gasteiger partial charge in [-0.1, -0.05) is 6.92 Å². The van der Waals surface area contributed by atoms with Gasteiger partial charge >= 0.3 is 0 Å². The molecule has 1 atom stereocenters. The number of carbonyl (C=O) groups excluding carboxylic acids is 2. The largest absolute Gasteiger partial charge is 0.477 e. The predicted molar refractivity (Wildman–Crippen MR) is 86.5 cm³/mol. The van der Waals surface area contributed by atoms with Crippen LogP contribution in [0.5, 0.6) is 5.75 Å². The molecule has 1 aliphatic heterocycles. The van der Waals surface area contributed by atoms with Crippen molar-refractivity contribution in [1.29, 1.82) is 0 Å². The lowest BCUT2D eigenvalue weighted by Gasteiger charge is -2.32. The Morgan fingerprint density at radius 3 is 3.04 bits per heavy atom. The molecule has 2 amide bonds. The third-order valence-corrected chi connectivity index (χ3v) is 3.97.